The van der Waals surface area contributed by atoms with Gasteiger partial charge in [0.25, 0.3) is 5.91 Å². The van der Waals surface area contributed by atoms with Crippen molar-refractivity contribution >= 4 is 34.7 Å². The molecule has 0 saturated carbocycles. The Labute approximate surface area is 229 Å². The zero-order valence-corrected chi connectivity index (χ0v) is 22.5. The Morgan fingerprint density at radius 2 is 1.90 bits per heavy atom. The summed E-state index contributed by atoms with van der Waals surface area (Å²) in [7, 11) is 2.74. The number of ether oxygens (including phenoxy) is 3. The summed E-state index contributed by atoms with van der Waals surface area (Å²) < 4.78 is 30.9. The number of esters is 1. The first kappa shape index (κ1) is 27.8. The molecular formula is C29H28FN5O5. The maximum Gasteiger partial charge on any atom is 0.341 e. The van der Waals surface area contributed by atoms with Crippen LogP contribution in [-0.2, 0) is 14.3 Å². The van der Waals surface area contributed by atoms with Crippen molar-refractivity contribution in [1.82, 2.24) is 14.6 Å². The summed E-state index contributed by atoms with van der Waals surface area (Å²) in [6, 6.07) is 10.1. The number of aromatic nitrogens is 3. The summed E-state index contributed by atoms with van der Waals surface area (Å²) in [5.74, 6) is -1.75. The summed E-state index contributed by atoms with van der Waals surface area (Å²) in [5, 5.41) is 7.36. The van der Waals surface area contributed by atoms with Gasteiger partial charge in [0, 0.05) is 16.8 Å². The van der Waals surface area contributed by atoms with Gasteiger partial charge < -0.3 is 25.3 Å². The minimum atomic E-state index is -1.10. The van der Waals surface area contributed by atoms with E-state index < -0.39 is 17.7 Å². The predicted octanol–water partition coefficient (Wildman–Crippen LogP) is 5.18. The van der Waals surface area contributed by atoms with Gasteiger partial charge in [-0.1, -0.05) is 25.3 Å². The molecule has 2 aromatic heterocycles. The zero-order chi connectivity index (χ0) is 29.1. The summed E-state index contributed by atoms with van der Waals surface area (Å²) in [4.78, 5) is 28.5. The standard InChI is InChI=1S/C29H28FN5O5/c1-7-40-17(4)22-14-32-27(31)26-24(18-8-10-21(29(37)39-6)23(13-18)38-5)25(34-35(22)26)20-11-9-19(12-15(20)2)33-28(36)16(3)30/h8-14H,3-4,7H2,1-2,5-6H3,(H2,31,32)(H,33,36). The number of nitrogens with zero attached hydrogens (tertiary/aromatic N) is 3. The highest BCUT2D eigenvalue weighted by Crippen LogP contribution is 2.41. The fourth-order valence-electron chi connectivity index (χ4n) is 4.31. The van der Waals surface area contributed by atoms with Crippen LogP contribution in [0, 0.1) is 6.92 Å². The molecule has 10 nitrogen and oxygen atoms in total. The lowest BCUT2D eigenvalue weighted by atomic mass is 9.95. The number of anilines is 2. The lowest BCUT2D eigenvalue weighted by Gasteiger charge is -2.12. The number of hydrogen-bond acceptors (Lipinski definition) is 8. The van der Waals surface area contributed by atoms with Crippen LogP contribution in [0.2, 0.25) is 0 Å². The second kappa shape index (κ2) is 11.3. The molecule has 3 N–H and O–H groups in total. The van der Waals surface area contributed by atoms with Crippen LogP contribution in [-0.4, -0.2) is 47.3 Å². The van der Waals surface area contributed by atoms with Crippen molar-refractivity contribution in [3.63, 3.8) is 0 Å². The molecule has 0 atom stereocenters. The molecule has 40 heavy (non-hydrogen) atoms. The van der Waals surface area contributed by atoms with Crippen molar-refractivity contribution in [3.05, 3.63) is 78.4 Å². The third kappa shape index (κ3) is 5.08. The lowest BCUT2D eigenvalue weighted by molar-refractivity contribution is -0.114. The average Bonchev–Trinajstić information content (AvgIpc) is 3.33. The Hall–Kier alpha value is -5.19. The van der Waals surface area contributed by atoms with Gasteiger partial charge >= 0.3 is 5.97 Å². The fraction of sp³-hybridized carbons (Fsp3) is 0.172. The van der Waals surface area contributed by atoms with Gasteiger partial charge in [0.1, 0.15) is 39.8 Å². The second-order valence-electron chi connectivity index (χ2n) is 8.66. The maximum atomic E-state index is 13.2. The maximum absolute atomic E-state index is 13.2. The molecule has 11 heteroatoms. The summed E-state index contributed by atoms with van der Waals surface area (Å²) in [6.07, 6.45) is 1.52. The topological polar surface area (TPSA) is 130 Å². The number of nitrogen functional groups attached to an aromatic ring is 1. The molecule has 0 aliphatic carbocycles. The number of nitrogens with two attached hydrogens (primary N) is 1. The number of halogens is 1. The van der Waals surface area contributed by atoms with E-state index in [9.17, 15) is 14.0 Å². The number of fused-ring (bicyclic) bond motifs is 1. The van der Waals surface area contributed by atoms with Crippen molar-refractivity contribution < 1.29 is 28.2 Å². The number of benzene rings is 2. The van der Waals surface area contributed by atoms with Crippen LogP contribution in [0.4, 0.5) is 15.9 Å². The third-order valence-corrected chi connectivity index (χ3v) is 6.17. The van der Waals surface area contributed by atoms with E-state index in [1.165, 1.54) is 20.4 Å². The first-order valence-corrected chi connectivity index (χ1v) is 12.1. The van der Waals surface area contributed by atoms with Gasteiger partial charge in [-0.2, -0.15) is 5.10 Å². The van der Waals surface area contributed by atoms with Gasteiger partial charge in [-0.3, -0.25) is 4.79 Å². The van der Waals surface area contributed by atoms with E-state index in [1.807, 2.05) is 13.8 Å². The molecule has 0 aliphatic heterocycles. The Kier molecular flexibility index (Phi) is 7.85. The minimum absolute atomic E-state index is 0.195. The minimum Gasteiger partial charge on any atom is -0.496 e. The molecule has 0 unspecified atom stereocenters. The van der Waals surface area contributed by atoms with Crippen molar-refractivity contribution in [3.8, 4) is 28.1 Å². The van der Waals surface area contributed by atoms with Crippen molar-refractivity contribution in [1.29, 1.82) is 0 Å². The number of amides is 1. The fourth-order valence-corrected chi connectivity index (χ4v) is 4.31. The molecule has 0 aliphatic rings. The molecule has 2 aromatic carbocycles. The van der Waals surface area contributed by atoms with Crippen LogP contribution in [0.1, 0.15) is 28.5 Å². The third-order valence-electron chi connectivity index (χ3n) is 6.17. The summed E-state index contributed by atoms with van der Waals surface area (Å²) in [5.41, 5.74) is 11.2. The number of methoxy groups -OCH3 is 2. The number of nitrogens with one attached hydrogen (secondary N) is 1. The lowest BCUT2D eigenvalue weighted by Crippen LogP contribution is -2.11. The molecule has 4 aromatic rings. The Morgan fingerprint density at radius 3 is 2.52 bits per heavy atom. The van der Waals surface area contributed by atoms with E-state index >= 15 is 0 Å². The Morgan fingerprint density at radius 1 is 1.15 bits per heavy atom. The molecule has 0 fully saturated rings. The Balaban J connectivity index is 2.02. The number of rotatable bonds is 9. The average molecular weight is 546 g/mol. The number of carbonyl (C=O) groups excluding carboxylic acids is 2. The number of aryl methyl sites for hydroxylation is 1. The van der Waals surface area contributed by atoms with Gasteiger partial charge in [-0.15, -0.1) is 0 Å². The summed E-state index contributed by atoms with van der Waals surface area (Å²) in [6.45, 7) is 11.1. The van der Waals surface area contributed by atoms with Gasteiger partial charge in [0.2, 0.25) is 0 Å². The van der Waals surface area contributed by atoms with Crippen LogP contribution in [0.3, 0.4) is 0 Å². The van der Waals surface area contributed by atoms with E-state index in [0.717, 1.165) is 5.56 Å². The smallest absolute Gasteiger partial charge is 0.341 e. The van der Waals surface area contributed by atoms with Gasteiger partial charge in [-0.05, 0) is 49.2 Å². The van der Waals surface area contributed by atoms with E-state index in [-0.39, 0.29) is 17.1 Å². The largest absolute Gasteiger partial charge is 0.496 e. The van der Waals surface area contributed by atoms with Crippen LogP contribution >= 0.6 is 0 Å². The van der Waals surface area contributed by atoms with Crippen LogP contribution in [0.15, 0.2) is 61.6 Å². The molecule has 4 rings (SSSR count). The van der Waals surface area contributed by atoms with Crippen molar-refractivity contribution in [2.24, 2.45) is 0 Å². The van der Waals surface area contributed by atoms with E-state index in [1.54, 1.807) is 40.9 Å². The number of hydrogen-bond donors (Lipinski definition) is 2. The zero-order valence-electron chi connectivity index (χ0n) is 22.5. The van der Waals surface area contributed by atoms with Crippen LogP contribution in [0.5, 0.6) is 5.75 Å². The van der Waals surface area contributed by atoms with E-state index in [2.05, 4.69) is 23.5 Å². The molecular weight excluding hydrogens is 517 g/mol. The highest BCUT2D eigenvalue weighted by molar-refractivity contribution is 6.03. The second-order valence-corrected chi connectivity index (χ2v) is 8.66. The highest BCUT2D eigenvalue weighted by atomic mass is 19.1. The number of carbonyl (C=O) groups is 2. The first-order chi connectivity index (χ1) is 19.1. The Bertz CT molecular complexity index is 1680. The van der Waals surface area contributed by atoms with Gasteiger partial charge in [0.05, 0.1) is 27.0 Å². The predicted molar refractivity (Wildman–Crippen MR) is 150 cm³/mol. The normalized spacial score (nSPS) is 10.7. The molecule has 0 radical (unpaired) electrons. The molecule has 2 heterocycles. The van der Waals surface area contributed by atoms with E-state index in [0.29, 0.717) is 51.6 Å². The van der Waals surface area contributed by atoms with Crippen LogP contribution in [0.25, 0.3) is 33.7 Å². The van der Waals surface area contributed by atoms with Crippen LogP contribution < -0.4 is 15.8 Å². The first-order valence-electron chi connectivity index (χ1n) is 12.1. The molecule has 0 spiro atoms. The molecule has 0 saturated heterocycles. The van der Waals surface area contributed by atoms with Crippen molar-refractivity contribution in [2.75, 3.05) is 31.9 Å². The molecule has 206 valence electrons. The quantitative estimate of drug-likeness (QED) is 0.167. The van der Waals surface area contributed by atoms with Crippen molar-refractivity contribution in [2.45, 2.75) is 13.8 Å². The van der Waals surface area contributed by atoms with E-state index in [4.69, 9.17) is 25.0 Å². The highest BCUT2D eigenvalue weighted by Gasteiger charge is 2.25. The SMILES string of the molecule is C=C(F)C(=O)Nc1ccc(-c2nn3c(C(=C)OCC)cnc(N)c3c2-c2ccc(C(=O)OC)c(OC)c2)c(C)c1. The van der Waals surface area contributed by atoms with Gasteiger partial charge in [-0.25, -0.2) is 18.7 Å². The molecule has 0 bridgehead atoms. The summed E-state index contributed by atoms with van der Waals surface area (Å²) >= 11 is 0. The monoisotopic (exact) mass is 545 g/mol. The molecule has 1 amide bonds. The van der Waals surface area contributed by atoms with Gasteiger partial charge in [0.15, 0.2) is 5.83 Å².